The number of primary amides is 1. The van der Waals surface area contributed by atoms with Gasteiger partial charge in [0, 0.05) is 54.4 Å². The van der Waals surface area contributed by atoms with E-state index < -0.39 is 0 Å². The lowest BCUT2D eigenvalue weighted by atomic mass is 10.0. The molecule has 2 aromatic heterocycles. The number of aromatic nitrogens is 2. The summed E-state index contributed by atoms with van der Waals surface area (Å²) in [5, 5.41) is 2.41. The number of amides is 1. The number of methoxy groups -OCH3 is 1. The largest absolute Gasteiger partial charge is 0.497 e. The van der Waals surface area contributed by atoms with Gasteiger partial charge in [0.25, 0.3) is 5.91 Å². The minimum Gasteiger partial charge on any atom is -0.497 e. The average Bonchev–Trinajstić information content (AvgIpc) is 3.45. The number of benzene rings is 2. The number of fused-ring (bicyclic) bond motifs is 2. The third-order valence-corrected chi connectivity index (χ3v) is 6.93. The molecule has 0 aliphatic carbocycles. The SMILES string of the molecule is COc1ccc2c(CCCCn3ccc4c(N5CCCCC5)c(C(N)=O)ccc43)c[nH]c2c1. The summed E-state index contributed by atoms with van der Waals surface area (Å²) >= 11 is 0. The van der Waals surface area contributed by atoms with Gasteiger partial charge in [0.2, 0.25) is 0 Å². The summed E-state index contributed by atoms with van der Waals surface area (Å²) in [6.07, 6.45) is 11.1. The molecule has 4 aromatic rings. The standard InChI is InChI=1S/C27H32N4O2/c1-33-20-8-9-21-19(18-29-24(21)17-20)7-3-6-13-30-16-12-22-25(30)11-10-23(27(28)32)26(22)31-14-4-2-5-15-31/h8-12,16-18,29H,2-7,13-15H2,1H3,(H2,28,32). The topological polar surface area (TPSA) is 76.3 Å². The van der Waals surface area contributed by atoms with Crippen LogP contribution in [-0.4, -0.2) is 35.7 Å². The van der Waals surface area contributed by atoms with E-state index in [-0.39, 0.29) is 5.91 Å². The van der Waals surface area contributed by atoms with Crippen LogP contribution >= 0.6 is 0 Å². The molecule has 1 fully saturated rings. The average molecular weight is 445 g/mol. The van der Waals surface area contributed by atoms with Crippen LogP contribution in [0.25, 0.3) is 21.8 Å². The normalized spacial score (nSPS) is 14.3. The third-order valence-electron chi connectivity index (χ3n) is 6.93. The van der Waals surface area contributed by atoms with Crippen LogP contribution in [0.2, 0.25) is 0 Å². The first-order valence-corrected chi connectivity index (χ1v) is 12.0. The molecule has 0 radical (unpaired) electrons. The molecule has 6 nitrogen and oxygen atoms in total. The summed E-state index contributed by atoms with van der Waals surface area (Å²) < 4.78 is 7.64. The van der Waals surface area contributed by atoms with E-state index in [2.05, 4.69) is 45.0 Å². The number of nitrogens with one attached hydrogen (secondary N) is 1. The van der Waals surface area contributed by atoms with Gasteiger partial charge in [-0.3, -0.25) is 4.79 Å². The molecule has 0 bridgehead atoms. The summed E-state index contributed by atoms with van der Waals surface area (Å²) in [4.78, 5) is 17.9. The summed E-state index contributed by atoms with van der Waals surface area (Å²) in [5.41, 5.74) is 11.0. The van der Waals surface area contributed by atoms with Gasteiger partial charge in [-0.05, 0) is 74.4 Å². The Morgan fingerprint density at radius 1 is 1.06 bits per heavy atom. The van der Waals surface area contributed by atoms with E-state index in [1.54, 1.807) is 7.11 Å². The number of ether oxygens (including phenoxy) is 1. The molecule has 3 N–H and O–H groups in total. The van der Waals surface area contributed by atoms with Crippen molar-refractivity contribution in [1.82, 2.24) is 9.55 Å². The minimum atomic E-state index is -0.346. The van der Waals surface area contributed by atoms with Crippen molar-refractivity contribution in [2.45, 2.75) is 45.1 Å². The van der Waals surface area contributed by atoms with E-state index >= 15 is 0 Å². The van der Waals surface area contributed by atoms with E-state index in [1.165, 1.54) is 22.9 Å². The number of H-pyrrole nitrogens is 1. The van der Waals surface area contributed by atoms with Crippen LogP contribution in [0.3, 0.4) is 0 Å². The molecule has 1 aliphatic heterocycles. The molecule has 0 atom stereocenters. The van der Waals surface area contributed by atoms with Crippen molar-refractivity contribution in [3.63, 3.8) is 0 Å². The highest BCUT2D eigenvalue weighted by molar-refractivity contribution is 6.07. The molecule has 0 unspecified atom stereocenters. The van der Waals surface area contributed by atoms with Crippen LogP contribution in [0.15, 0.2) is 48.8 Å². The molecule has 1 aliphatic rings. The lowest BCUT2D eigenvalue weighted by Crippen LogP contribution is -2.31. The van der Waals surface area contributed by atoms with E-state index in [9.17, 15) is 4.79 Å². The number of piperidine rings is 1. The van der Waals surface area contributed by atoms with Gasteiger partial charge in [-0.2, -0.15) is 0 Å². The van der Waals surface area contributed by atoms with Crippen molar-refractivity contribution in [2.75, 3.05) is 25.1 Å². The van der Waals surface area contributed by atoms with E-state index in [4.69, 9.17) is 10.5 Å². The second kappa shape index (κ2) is 9.22. The van der Waals surface area contributed by atoms with Crippen LogP contribution < -0.4 is 15.4 Å². The molecular formula is C27H32N4O2. The highest BCUT2D eigenvalue weighted by Gasteiger charge is 2.21. The number of rotatable bonds is 8. The van der Waals surface area contributed by atoms with Crippen molar-refractivity contribution < 1.29 is 9.53 Å². The molecule has 33 heavy (non-hydrogen) atoms. The zero-order valence-electron chi connectivity index (χ0n) is 19.3. The Bertz CT molecular complexity index is 1280. The second-order valence-corrected chi connectivity index (χ2v) is 9.00. The molecule has 172 valence electrons. The van der Waals surface area contributed by atoms with Crippen LogP contribution in [0.5, 0.6) is 5.75 Å². The van der Waals surface area contributed by atoms with Gasteiger partial charge >= 0.3 is 0 Å². The summed E-state index contributed by atoms with van der Waals surface area (Å²) in [6, 6.07) is 12.3. The Morgan fingerprint density at radius 2 is 1.91 bits per heavy atom. The fourth-order valence-electron chi connectivity index (χ4n) is 5.21. The van der Waals surface area contributed by atoms with Crippen molar-refractivity contribution in [1.29, 1.82) is 0 Å². The van der Waals surface area contributed by atoms with Crippen LogP contribution in [0.4, 0.5) is 5.69 Å². The monoisotopic (exact) mass is 444 g/mol. The molecule has 0 spiro atoms. The third kappa shape index (κ3) is 4.17. The first kappa shape index (κ1) is 21.4. The number of hydrogen-bond acceptors (Lipinski definition) is 3. The van der Waals surface area contributed by atoms with Gasteiger partial charge in [-0.15, -0.1) is 0 Å². The lowest BCUT2D eigenvalue weighted by molar-refractivity contribution is 0.100. The summed E-state index contributed by atoms with van der Waals surface area (Å²) in [6.45, 7) is 2.93. The first-order valence-electron chi connectivity index (χ1n) is 12.0. The predicted octanol–water partition coefficient (Wildman–Crippen LogP) is 5.24. The Labute approximate surface area is 194 Å². The van der Waals surface area contributed by atoms with E-state index in [0.29, 0.717) is 5.56 Å². The summed E-state index contributed by atoms with van der Waals surface area (Å²) in [5.74, 6) is 0.528. The minimum absolute atomic E-state index is 0.346. The molecule has 5 rings (SSSR count). The van der Waals surface area contributed by atoms with Crippen LogP contribution in [0.1, 0.15) is 48.0 Å². The van der Waals surface area contributed by atoms with Crippen LogP contribution in [0, 0.1) is 0 Å². The van der Waals surface area contributed by atoms with Gasteiger partial charge in [-0.25, -0.2) is 0 Å². The number of hydrogen-bond donors (Lipinski definition) is 2. The highest BCUT2D eigenvalue weighted by atomic mass is 16.5. The quantitative estimate of drug-likeness (QED) is 0.365. The molecule has 6 heteroatoms. The maximum absolute atomic E-state index is 12.1. The Balaban J connectivity index is 1.30. The number of nitrogens with two attached hydrogens (primary N) is 1. The number of carbonyl (C=O) groups excluding carboxylic acids is 1. The lowest BCUT2D eigenvalue weighted by Gasteiger charge is -2.30. The number of aryl methyl sites for hydroxylation is 2. The number of unbranched alkanes of at least 4 members (excludes halogenated alkanes) is 1. The van der Waals surface area contributed by atoms with Gasteiger partial charge in [0.05, 0.1) is 23.9 Å². The Kier molecular flexibility index (Phi) is 5.99. The fourth-order valence-corrected chi connectivity index (χ4v) is 5.21. The van der Waals surface area contributed by atoms with Crippen molar-refractivity contribution >= 4 is 33.4 Å². The highest BCUT2D eigenvalue weighted by Crippen LogP contribution is 2.34. The molecule has 0 saturated carbocycles. The van der Waals surface area contributed by atoms with E-state index in [0.717, 1.165) is 74.1 Å². The predicted molar refractivity (Wildman–Crippen MR) is 134 cm³/mol. The summed E-state index contributed by atoms with van der Waals surface area (Å²) in [7, 11) is 1.69. The number of aromatic amines is 1. The molecule has 1 saturated heterocycles. The maximum atomic E-state index is 12.1. The first-order chi connectivity index (χ1) is 16.2. The van der Waals surface area contributed by atoms with Crippen molar-refractivity contribution in [3.05, 3.63) is 59.9 Å². The van der Waals surface area contributed by atoms with E-state index in [1.807, 2.05) is 18.2 Å². The van der Waals surface area contributed by atoms with Gasteiger partial charge in [-0.1, -0.05) is 0 Å². The van der Waals surface area contributed by atoms with Crippen molar-refractivity contribution in [2.24, 2.45) is 5.73 Å². The van der Waals surface area contributed by atoms with Gasteiger partial charge in [0.15, 0.2) is 0 Å². The zero-order valence-corrected chi connectivity index (χ0v) is 19.3. The van der Waals surface area contributed by atoms with Gasteiger partial charge < -0.3 is 24.9 Å². The molecule has 3 heterocycles. The van der Waals surface area contributed by atoms with Crippen molar-refractivity contribution in [3.8, 4) is 5.75 Å². The zero-order chi connectivity index (χ0) is 22.8. The number of carbonyl (C=O) groups is 1. The number of anilines is 1. The molecular weight excluding hydrogens is 412 g/mol. The Morgan fingerprint density at radius 3 is 2.70 bits per heavy atom. The maximum Gasteiger partial charge on any atom is 0.250 e. The van der Waals surface area contributed by atoms with Crippen LogP contribution in [-0.2, 0) is 13.0 Å². The Hall–Kier alpha value is -3.41. The second-order valence-electron chi connectivity index (χ2n) is 9.00. The fraction of sp³-hybridized carbons (Fsp3) is 0.370. The van der Waals surface area contributed by atoms with Gasteiger partial charge in [0.1, 0.15) is 5.75 Å². The molecule has 1 amide bonds. The molecule has 2 aromatic carbocycles. The smallest absolute Gasteiger partial charge is 0.250 e. The number of nitrogens with zero attached hydrogens (tertiary/aromatic N) is 2.